The van der Waals surface area contributed by atoms with E-state index in [0.717, 1.165) is 38.9 Å². The van der Waals surface area contributed by atoms with Crippen molar-refractivity contribution >= 4 is 21.9 Å². The van der Waals surface area contributed by atoms with Crippen molar-refractivity contribution in [2.75, 3.05) is 6.61 Å². The van der Waals surface area contributed by atoms with Crippen LogP contribution in [0.5, 0.6) is 5.75 Å². The molecule has 0 aliphatic carbocycles. The lowest BCUT2D eigenvalue weighted by atomic mass is 10.1. The highest BCUT2D eigenvalue weighted by molar-refractivity contribution is 5.92. The molecule has 2 aromatic heterocycles. The molecule has 4 aromatic rings. The monoisotopic (exact) mass is 290 g/mol. The van der Waals surface area contributed by atoms with Crippen LogP contribution < -0.4 is 4.74 Å². The van der Waals surface area contributed by atoms with Crippen molar-refractivity contribution in [2.45, 2.75) is 6.92 Å². The van der Waals surface area contributed by atoms with Crippen LogP contribution >= 0.6 is 0 Å². The standard InChI is InChI=1S/C17H14N4O/c1-2-22-13-5-3-4-11(6-13)17-10-18-15-7-12-9-19-21-14(12)8-16(15)20-17/h3-10H,2H2,1H3,(H,19,21). The average Bonchev–Trinajstić information content (AvgIpc) is 3.00. The third-order valence-corrected chi connectivity index (χ3v) is 3.54. The minimum Gasteiger partial charge on any atom is -0.494 e. The van der Waals surface area contributed by atoms with E-state index in [-0.39, 0.29) is 0 Å². The Hall–Kier alpha value is -2.95. The van der Waals surface area contributed by atoms with E-state index < -0.39 is 0 Å². The third-order valence-electron chi connectivity index (χ3n) is 3.54. The Morgan fingerprint density at radius 1 is 1.09 bits per heavy atom. The summed E-state index contributed by atoms with van der Waals surface area (Å²) in [6.45, 7) is 2.61. The summed E-state index contributed by atoms with van der Waals surface area (Å²) in [5.41, 5.74) is 4.48. The molecule has 0 amide bonds. The second kappa shape index (κ2) is 5.11. The lowest BCUT2D eigenvalue weighted by molar-refractivity contribution is 0.340. The number of fused-ring (bicyclic) bond motifs is 2. The van der Waals surface area contributed by atoms with Crippen molar-refractivity contribution in [3.63, 3.8) is 0 Å². The van der Waals surface area contributed by atoms with Crippen LogP contribution in [0.2, 0.25) is 0 Å². The number of H-pyrrole nitrogens is 1. The summed E-state index contributed by atoms with van der Waals surface area (Å²) in [6, 6.07) is 11.9. The molecule has 0 bridgehead atoms. The number of nitrogens with one attached hydrogen (secondary N) is 1. The molecule has 0 radical (unpaired) electrons. The molecule has 0 aliphatic heterocycles. The maximum atomic E-state index is 5.54. The Bertz CT molecular complexity index is 961. The Labute approximate surface area is 127 Å². The highest BCUT2D eigenvalue weighted by Gasteiger charge is 2.06. The zero-order valence-electron chi connectivity index (χ0n) is 12.1. The van der Waals surface area contributed by atoms with E-state index in [0.29, 0.717) is 6.61 Å². The normalized spacial score (nSPS) is 11.1. The first-order chi connectivity index (χ1) is 10.8. The maximum Gasteiger partial charge on any atom is 0.119 e. The van der Waals surface area contributed by atoms with Gasteiger partial charge in [0.15, 0.2) is 0 Å². The van der Waals surface area contributed by atoms with Gasteiger partial charge in [-0.3, -0.25) is 10.1 Å². The average molecular weight is 290 g/mol. The van der Waals surface area contributed by atoms with Gasteiger partial charge in [-0.25, -0.2) is 4.98 Å². The van der Waals surface area contributed by atoms with E-state index in [1.54, 1.807) is 12.4 Å². The Kier molecular flexibility index (Phi) is 2.96. The van der Waals surface area contributed by atoms with Gasteiger partial charge in [0.1, 0.15) is 5.75 Å². The van der Waals surface area contributed by atoms with E-state index in [2.05, 4.69) is 15.2 Å². The largest absolute Gasteiger partial charge is 0.494 e. The highest BCUT2D eigenvalue weighted by Crippen LogP contribution is 2.25. The molecule has 2 aromatic carbocycles. The first kappa shape index (κ1) is 12.8. The number of hydrogen-bond donors (Lipinski definition) is 1. The van der Waals surface area contributed by atoms with Crippen molar-refractivity contribution in [1.29, 1.82) is 0 Å². The lowest BCUT2D eigenvalue weighted by Crippen LogP contribution is -1.93. The summed E-state index contributed by atoms with van der Waals surface area (Å²) in [5.74, 6) is 0.839. The summed E-state index contributed by atoms with van der Waals surface area (Å²) in [4.78, 5) is 9.23. The molecule has 108 valence electrons. The molecule has 0 aliphatic rings. The molecule has 0 saturated carbocycles. The number of aromatic nitrogens is 4. The van der Waals surface area contributed by atoms with Crippen molar-refractivity contribution in [1.82, 2.24) is 20.2 Å². The van der Waals surface area contributed by atoms with E-state index in [4.69, 9.17) is 9.72 Å². The predicted molar refractivity (Wildman–Crippen MR) is 85.8 cm³/mol. The topological polar surface area (TPSA) is 63.7 Å². The van der Waals surface area contributed by atoms with Crippen molar-refractivity contribution in [2.24, 2.45) is 0 Å². The molecule has 0 saturated heterocycles. The predicted octanol–water partition coefficient (Wildman–Crippen LogP) is 3.57. The van der Waals surface area contributed by atoms with Gasteiger partial charge in [-0.2, -0.15) is 5.10 Å². The Balaban J connectivity index is 1.84. The van der Waals surface area contributed by atoms with E-state index >= 15 is 0 Å². The van der Waals surface area contributed by atoms with Gasteiger partial charge in [0.05, 0.1) is 41.2 Å². The number of hydrogen-bond acceptors (Lipinski definition) is 4. The zero-order valence-corrected chi connectivity index (χ0v) is 12.1. The van der Waals surface area contributed by atoms with Crippen LogP contribution in [0.25, 0.3) is 33.2 Å². The fourth-order valence-electron chi connectivity index (χ4n) is 2.50. The van der Waals surface area contributed by atoms with Gasteiger partial charge in [0.2, 0.25) is 0 Å². The first-order valence-corrected chi connectivity index (χ1v) is 7.16. The summed E-state index contributed by atoms with van der Waals surface area (Å²) < 4.78 is 5.54. The summed E-state index contributed by atoms with van der Waals surface area (Å²) in [6.07, 6.45) is 3.58. The van der Waals surface area contributed by atoms with Gasteiger partial charge in [-0.05, 0) is 31.2 Å². The molecular weight excluding hydrogens is 276 g/mol. The second-order valence-corrected chi connectivity index (χ2v) is 5.01. The Morgan fingerprint density at radius 2 is 2.05 bits per heavy atom. The second-order valence-electron chi connectivity index (χ2n) is 5.01. The number of ether oxygens (including phenoxy) is 1. The highest BCUT2D eigenvalue weighted by atomic mass is 16.5. The minimum atomic E-state index is 0.644. The van der Waals surface area contributed by atoms with Crippen LogP contribution in [0.15, 0.2) is 48.8 Å². The molecule has 1 N–H and O–H groups in total. The molecule has 4 rings (SSSR count). The molecule has 2 heterocycles. The third kappa shape index (κ3) is 2.16. The quantitative estimate of drug-likeness (QED) is 0.626. The van der Waals surface area contributed by atoms with Crippen LogP contribution in [0.3, 0.4) is 0 Å². The molecule has 0 spiro atoms. The minimum absolute atomic E-state index is 0.644. The van der Waals surface area contributed by atoms with E-state index in [1.165, 1.54) is 0 Å². The van der Waals surface area contributed by atoms with Crippen LogP contribution in [0.4, 0.5) is 0 Å². The molecule has 0 atom stereocenters. The summed E-state index contributed by atoms with van der Waals surface area (Å²) >= 11 is 0. The van der Waals surface area contributed by atoms with Gasteiger partial charge < -0.3 is 4.74 Å². The lowest BCUT2D eigenvalue weighted by Gasteiger charge is -2.06. The van der Waals surface area contributed by atoms with Crippen LogP contribution in [-0.4, -0.2) is 26.8 Å². The van der Waals surface area contributed by atoms with Gasteiger partial charge in [-0.15, -0.1) is 0 Å². The fraction of sp³-hybridized carbons (Fsp3) is 0.118. The van der Waals surface area contributed by atoms with Crippen molar-refractivity contribution in [3.05, 3.63) is 48.8 Å². The maximum absolute atomic E-state index is 5.54. The summed E-state index contributed by atoms with van der Waals surface area (Å²) in [5, 5.41) is 8.03. The number of aromatic amines is 1. The molecule has 0 unspecified atom stereocenters. The number of nitrogens with zero attached hydrogens (tertiary/aromatic N) is 3. The fourth-order valence-corrected chi connectivity index (χ4v) is 2.50. The first-order valence-electron chi connectivity index (χ1n) is 7.16. The SMILES string of the molecule is CCOc1cccc(-c2cnc3cc4cn[nH]c4cc3n2)c1. The molecule has 0 fully saturated rings. The molecule has 5 heteroatoms. The van der Waals surface area contributed by atoms with Gasteiger partial charge in [0, 0.05) is 10.9 Å². The molecular formula is C17H14N4O. The van der Waals surface area contributed by atoms with E-state index in [9.17, 15) is 0 Å². The number of benzene rings is 2. The van der Waals surface area contributed by atoms with Gasteiger partial charge >= 0.3 is 0 Å². The van der Waals surface area contributed by atoms with Gasteiger partial charge in [0.25, 0.3) is 0 Å². The zero-order chi connectivity index (χ0) is 14.9. The molecule has 22 heavy (non-hydrogen) atoms. The van der Waals surface area contributed by atoms with Crippen molar-refractivity contribution in [3.8, 4) is 17.0 Å². The Morgan fingerprint density at radius 3 is 2.95 bits per heavy atom. The van der Waals surface area contributed by atoms with Crippen molar-refractivity contribution < 1.29 is 4.74 Å². The molecule has 5 nitrogen and oxygen atoms in total. The van der Waals surface area contributed by atoms with Crippen LogP contribution in [0.1, 0.15) is 6.92 Å². The van der Waals surface area contributed by atoms with Gasteiger partial charge in [-0.1, -0.05) is 12.1 Å². The van der Waals surface area contributed by atoms with Crippen LogP contribution in [0, 0.1) is 0 Å². The summed E-state index contributed by atoms with van der Waals surface area (Å²) in [7, 11) is 0. The number of rotatable bonds is 3. The smallest absolute Gasteiger partial charge is 0.119 e. The van der Waals surface area contributed by atoms with E-state index in [1.807, 2.05) is 43.3 Å². The van der Waals surface area contributed by atoms with Crippen LogP contribution in [-0.2, 0) is 0 Å².